The van der Waals surface area contributed by atoms with Crippen LogP contribution in [0, 0.1) is 0 Å². The van der Waals surface area contributed by atoms with Crippen molar-refractivity contribution in [1.82, 2.24) is 5.32 Å². The Morgan fingerprint density at radius 3 is 2.11 bits per heavy atom. The van der Waals surface area contributed by atoms with Gasteiger partial charge >= 0.3 is 0 Å². The normalized spacial score (nSPS) is 13.7. The molecule has 0 fully saturated rings. The van der Waals surface area contributed by atoms with Crippen molar-refractivity contribution in [3.63, 3.8) is 0 Å². The van der Waals surface area contributed by atoms with Gasteiger partial charge in [-0.3, -0.25) is 9.10 Å². The summed E-state index contributed by atoms with van der Waals surface area (Å²) in [6.45, 7) is 5.52. The Morgan fingerprint density at radius 1 is 1.07 bits per heavy atom. The van der Waals surface area contributed by atoms with Gasteiger partial charge in [-0.05, 0) is 55.7 Å². The van der Waals surface area contributed by atoms with Crippen molar-refractivity contribution in [3.05, 3.63) is 64.7 Å². The van der Waals surface area contributed by atoms with E-state index in [1.807, 2.05) is 31.2 Å². The van der Waals surface area contributed by atoms with Gasteiger partial charge in [0.25, 0.3) is 0 Å². The number of aryl methyl sites for hydroxylation is 1. The van der Waals surface area contributed by atoms with Crippen LogP contribution in [-0.4, -0.2) is 26.6 Å². The van der Waals surface area contributed by atoms with E-state index >= 15 is 0 Å². The number of carbonyl (C=O) groups is 1. The highest BCUT2D eigenvalue weighted by Gasteiger charge is 2.29. The molecule has 5 nitrogen and oxygen atoms in total. The Bertz CT molecular complexity index is 880. The van der Waals surface area contributed by atoms with Crippen molar-refractivity contribution >= 4 is 33.2 Å². The van der Waals surface area contributed by atoms with Crippen molar-refractivity contribution in [2.75, 3.05) is 10.6 Å². The van der Waals surface area contributed by atoms with E-state index in [-0.39, 0.29) is 11.9 Å². The zero-order valence-corrected chi connectivity index (χ0v) is 17.5. The van der Waals surface area contributed by atoms with Crippen molar-refractivity contribution < 1.29 is 13.2 Å². The third-order valence-electron chi connectivity index (χ3n) is 4.42. The summed E-state index contributed by atoms with van der Waals surface area (Å²) >= 11 is 5.88. The molecule has 0 spiro atoms. The number of nitrogens with zero attached hydrogens (tertiary/aromatic N) is 1. The maximum atomic E-state index is 12.7. The van der Waals surface area contributed by atoms with Crippen molar-refractivity contribution in [2.45, 2.75) is 39.3 Å². The molecule has 0 aliphatic carbocycles. The average molecular weight is 409 g/mol. The first-order chi connectivity index (χ1) is 12.6. The minimum Gasteiger partial charge on any atom is -0.348 e. The molecule has 0 saturated carbocycles. The molecule has 0 aliphatic rings. The molecule has 0 aliphatic heterocycles. The fourth-order valence-electron chi connectivity index (χ4n) is 2.86. The van der Waals surface area contributed by atoms with E-state index in [1.54, 1.807) is 31.2 Å². The summed E-state index contributed by atoms with van der Waals surface area (Å²) in [5.41, 5.74) is 2.58. The van der Waals surface area contributed by atoms with E-state index < -0.39 is 16.1 Å². The monoisotopic (exact) mass is 408 g/mol. The number of hydrogen-bond acceptors (Lipinski definition) is 3. The van der Waals surface area contributed by atoms with Crippen LogP contribution < -0.4 is 9.62 Å². The molecule has 2 aromatic rings. The molecule has 146 valence electrons. The summed E-state index contributed by atoms with van der Waals surface area (Å²) in [6, 6.07) is 13.2. The van der Waals surface area contributed by atoms with Crippen LogP contribution in [0.3, 0.4) is 0 Å². The molecule has 2 rings (SSSR count). The van der Waals surface area contributed by atoms with Gasteiger partial charge in [0.2, 0.25) is 15.9 Å². The molecule has 0 heterocycles. The first-order valence-corrected chi connectivity index (χ1v) is 11.0. The predicted molar refractivity (Wildman–Crippen MR) is 111 cm³/mol. The lowest BCUT2D eigenvalue weighted by atomic mass is 10.0. The Kier molecular flexibility index (Phi) is 6.89. The highest BCUT2D eigenvalue weighted by molar-refractivity contribution is 7.92. The molecule has 1 N–H and O–H groups in total. The quantitative estimate of drug-likeness (QED) is 0.754. The first-order valence-electron chi connectivity index (χ1n) is 8.77. The van der Waals surface area contributed by atoms with Crippen molar-refractivity contribution in [2.24, 2.45) is 0 Å². The molecule has 0 unspecified atom stereocenters. The molecule has 2 aromatic carbocycles. The topological polar surface area (TPSA) is 66.5 Å². The van der Waals surface area contributed by atoms with Gasteiger partial charge in [-0.1, -0.05) is 42.8 Å². The number of carbonyl (C=O) groups excluding carboxylic acids is 1. The average Bonchev–Trinajstić information content (AvgIpc) is 2.62. The Morgan fingerprint density at radius 2 is 1.63 bits per heavy atom. The molecule has 0 aromatic heterocycles. The maximum absolute atomic E-state index is 12.7. The molecule has 0 saturated heterocycles. The minimum absolute atomic E-state index is 0.238. The van der Waals surface area contributed by atoms with Crippen LogP contribution in [0.1, 0.15) is 37.9 Å². The number of nitrogens with one attached hydrogen (secondary N) is 1. The fraction of sp³-hybridized carbons (Fsp3) is 0.350. The van der Waals surface area contributed by atoms with E-state index in [9.17, 15) is 13.2 Å². The first kappa shape index (κ1) is 21.3. The molecule has 27 heavy (non-hydrogen) atoms. The van der Waals surface area contributed by atoms with Crippen molar-refractivity contribution in [3.8, 4) is 0 Å². The zero-order chi connectivity index (χ0) is 20.2. The van der Waals surface area contributed by atoms with Gasteiger partial charge in [-0.15, -0.1) is 0 Å². The fourth-order valence-corrected chi connectivity index (χ4v) is 4.16. The zero-order valence-electron chi connectivity index (χ0n) is 15.9. The number of amides is 1. The van der Waals surface area contributed by atoms with Crippen LogP contribution in [0.15, 0.2) is 48.5 Å². The van der Waals surface area contributed by atoms with Gasteiger partial charge in [-0.25, -0.2) is 8.42 Å². The van der Waals surface area contributed by atoms with Crippen LogP contribution in [0.2, 0.25) is 5.02 Å². The van der Waals surface area contributed by atoms with E-state index in [4.69, 9.17) is 11.6 Å². The highest BCUT2D eigenvalue weighted by atomic mass is 35.5. The summed E-state index contributed by atoms with van der Waals surface area (Å²) in [4.78, 5) is 12.7. The number of hydrogen-bond donors (Lipinski definition) is 1. The minimum atomic E-state index is -3.66. The van der Waals surface area contributed by atoms with E-state index in [0.29, 0.717) is 10.7 Å². The lowest BCUT2D eigenvalue weighted by Crippen LogP contribution is -2.48. The smallest absolute Gasteiger partial charge is 0.244 e. The van der Waals surface area contributed by atoms with E-state index in [2.05, 4.69) is 12.2 Å². The summed E-state index contributed by atoms with van der Waals surface area (Å²) in [6.07, 6.45) is 2.03. The molecule has 7 heteroatoms. The van der Waals surface area contributed by atoms with Gasteiger partial charge in [0, 0.05) is 5.02 Å². The Balaban J connectivity index is 2.20. The molecule has 2 atom stereocenters. The number of rotatable bonds is 7. The Labute approximate surface area is 166 Å². The maximum Gasteiger partial charge on any atom is 0.244 e. The molecule has 0 radical (unpaired) electrons. The van der Waals surface area contributed by atoms with Crippen LogP contribution in [0.5, 0.6) is 0 Å². The van der Waals surface area contributed by atoms with Crippen molar-refractivity contribution in [1.29, 1.82) is 0 Å². The second-order valence-corrected chi connectivity index (χ2v) is 8.83. The molecular formula is C20H25ClN2O3S. The summed E-state index contributed by atoms with van der Waals surface area (Å²) in [5.74, 6) is -0.373. The number of sulfonamides is 1. The standard InChI is InChI=1S/C20H25ClN2O3S/c1-5-16-6-8-17(9-7-16)14(2)22-20(24)15(3)23(27(4,25)26)19-12-10-18(21)11-13-19/h6-15H,5H2,1-4H3,(H,22,24)/t14-,15-/m1/s1. The second kappa shape index (κ2) is 8.76. The number of halogens is 1. The Hall–Kier alpha value is -2.05. The third kappa shape index (κ3) is 5.47. The summed E-state index contributed by atoms with van der Waals surface area (Å²) in [5, 5.41) is 3.39. The van der Waals surface area contributed by atoms with Crippen LogP contribution >= 0.6 is 11.6 Å². The van der Waals surface area contributed by atoms with Crippen LogP contribution in [-0.2, 0) is 21.2 Å². The van der Waals surface area contributed by atoms with Gasteiger partial charge in [0.1, 0.15) is 6.04 Å². The van der Waals surface area contributed by atoms with Gasteiger partial charge in [-0.2, -0.15) is 0 Å². The number of benzene rings is 2. The molecule has 0 bridgehead atoms. The van der Waals surface area contributed by atoms with E-state index in [1.165, 1.54) is 5.56 Å². The third-order valence-corrected chi connectivity index (χ3v) is 5.91. The molecule has 1 amide bonds. The van der Waals surface area contributed by atoms with Crippen LogP contribution in [0.4, 0.5) is 5.69 Å². The van der Waals surface area contributed by atoms with Gasteiger partial charge in [0.05, 0.1) is 18.0 Å². The van der Waals surface area contributed by atoms with Crippen LogP contribution in [0.25, 0.3) is 0 Å². The summed E-state index contributed by atoms with van der Waals surface area (Å²) < 4.78 is 25.7. The molecular weight excluding hydrogens is 384 g/mol. The van der Waals surface area contributed by atoms with Gasteiger partial charge < -0.3 is 5.32 Å². The highest BCUT2D eigenvalue weighted by Crippen LogP contribution is 2.23. The number of anilines is 1. The lowest BCUT2D eigenvalue weighted by Gasteiger charge is -2.29. The largest absolute Gasteiger partial charge is 0.348 e. The second-order valence-electron chi connectivity index (χ2n) is 6.54. The predicted octanol–water partition coefficient (Wildman–Crippen LogP) is 3.93. The lowest BCUT2D eigenvalue weighted by molar-refractivity contribution is -0.122. The van der Waals surface area contributed by atoms with E-state index in [0.717, 1.165) is 22.5 Å². The summed E-state index contributed by atoms with van der Waals surface area (Å²) in [7, 11) is -3.66. The SMILES string of the molecule is CCc1ccc([C@@H](C)NC(=O)[C@@H](C)N(c2ccc(Cl)cc2)S(C)(=O)=O)cc1. The van der Waals surface area contributed by atoms with Gasteiger partial charge in [0.15, 0.2) is 0 Å².